The molecule has 1 saturated carbocycles. The number of hydrogen-bond acceptors (Lipinski definition) is 2. The Kier molecular flexibility index (Phi) is 3.34. The molecule has 2 atom stereocenters. The van der Waals surface area contributed by atoms with Crippen LogP contribution < -0.4 is 0 Å². The topological polar surface area (TPSA) is 23.5 Å². The number of nitrogens with zero attached hydrogens (tertiary/aromatic N) is 1. The van der Waals surface area contributed by atoms with Gasteiger partial charge in [0.2, 0.25) is 0 Å². The van der Waals surface area contributed by atoms with Crippen molar-refractivity contribution < 1.29 is 5.11 Å². The van der Waals surface area contributed by atoms with E-state index in [0.29, 0.717) is 18.6 Å². The Morgan fingerprint density at radius 2 is 1.91 bits per heavy atom. The molecule has 0 bridgehead atoms. The lowest BCUT2D eigenvalue weighted by atomic mass is 9.84. The molecule has 0 radical (unpaired) electrons. The zero-order valence-corrected chi connectivity index (χ0v) is 7.58. The minimum absolute atomic E-state index is 0.364. The SMILES string of the molecule is CN(C)C1CCCCC1CO. The highest BCUT2D eigenvalue weighted by molar-refractivity contribution is 4.79. The Morgan fingerprint density at radius 3 is 2.36 bits per heavy atom. The minimum Gasteiger partial charge on any atom is -0.396 e. The van der Waals surface area contributed by atoms with E-state index in [4.69, 9.17) is 5.11 Å². The van der Waals surface area contributed by atoms with E-state index in [9.17, 15) is 0 Å². The molecule has 0 aromatic carbocycles. The summed E-state index contributed by atoms with van der Waals surface area (Å²) in [6.45, 7) is 0.364. The van der Waals surface area contributed by atoms with Crippen molar-refractivity contribution in [1.82, 2.24) is 4.90 Å². The van der Waals surface area contributed by atoms with E-state index in [0.717, 1.165) is 0 Å². The van der Waals surface area contributed by atoms with Crippen LogP contribution in [0.2, 0.25) is 0 Å². The van der Waals surface area contributed by atoms with Crippen molar-refractivity contribution in [2.45, 2.75) is 31.7 Å². The van der Waals surface area contributed by atoms with Gasteiger partial charge in [0.05, 0.1) is 0 Å². The van der Waals surface area contributed by atoms with Crippen LogP contribution in [0.25, 0.3) is 0 Å². The van der Waals surface area contributed by atoms with Crippen LogP contribution in [-0.2, 0) is 0 Å². The quantitative estimate of drug-likeness (QED) is 0.649. The molecule has 2 unspecified atom stereocenters. The largest absolute Gasteiger partial charge is 0.396 e. The maximum absolute atomic E-state index is 9.08. The van der Waals surface area contributed by atoms with Crippen LogP contribution in [0.4, 0.5) is 0 Å². The zero-order valence-electron chi connectivity index (χ0n) is 7.58. The number of hydrogen-bond donors (Lipinski definition) is 1. The Labute approximate surface area is 69.2 Å². The maximum atomic E-state index is 9.08. The van der Waals surface area contributed by atoms with Crippen LogP contribution in [0.15, 0.2) is 0 Å². The molecule has 1 aliphatic rings. The summed E-state index contributed by atoms with van der Waals surface area (Å²) in [5.74, 6) is 0.527. The summed E-state index contributed by atoms with van der Waals surface area (Å²) in [4.78, 5) is 2.25. The van der Waals surface area contributed by atoms with Crippen molar-refractivity contribution in [3.63, 3.8) is 0 Å². The third kappa shape index (κ3) is 2.17. The standard InChI is InChI=1S/C9H19NO/c1-10(2)9-6-4-3-5-8(9)7-11/h8-9,11H,3-7H2,1-2H3. The van der Waals surface area contributed by atoms with E-state index in [2.05, 4.69) is 19.0 Å². The maximum Gasteiger partial charge on any atom is 0.0474 e. The molecule has 2 nitrogen and oxygen atoms in total. The monoisotopic (exact) mass is 157 g/mol. The predicted molar refractivity (Wildman–Crippen MR) is 46.5 cm³/mol. The Balaban J connectivity index is 2.44. The molecule has 1 fully saturated rings. The molecule has 11 heavy (non-hydrogen) atoms. The molecule has 0 spiro atoms. The highest BCUT2D eigenvalue weighted by Gasteiger charge is 2.25. The normalized spacial score (nSPS) is 32.7. The van der Waals surface area contributed by atoms with Crippen molar-refractivity contribution in [1.29, 1.82) is 0 Å². The molecule has 0 heterocycles. The Morgan fingerprint density at radius 1 is 1.27 bits per heavy atom. The lowest BCUT2D eigenvalue weighted by molar-refractivity contribution is 0.0975. The summed E-state index contributed by atoms with van der Waals surface area (Å²) in [6, 6.07) is 0.619. The van der Waals surface area contributed by atoms with Crippen molar-refractivity contribution in [3.05, 3.63) is 0 Å². The summed E-state index contributed by atoms with van der Waals surface area (Å²) in [5, 5.41) is 9.08. The van der Waals surface area contributed by atoms with E-state index in [1.165, 1.54) is 25.7 Å². The van der Waals surface area contributed by atoms with E-state index in [-0.39, 0.29) is 0 Å². The second kappa shape index (κ2) is 4.07. The Hall–Kier alpha value is -0.0800. The van der Waals surface area contributed by atoms with Crippen molar-refractivity contribution in [3.8, 4) is 0 Å². The molecule has 0 aromatic rings. The van der Waals surface area contributed by atoms with Gasteiger partial charge in [0.15, 0.2) is 0 Å². The summed E-state index contributed by atoms with van der Waals surface area (Å²) >= 11 is 0. The minimum atomic E-state index is 0.364. The van der Waals surface area contributed by atoms with E-state index < -0.39 is 0 Å². The van der Waals surface area contributed by atoms with Gasteiger partial charge in [-0.2, -0.15) is 0 Å². The van der Waals surface area contributed by atoms with Gasteiger partial charge in [-0.3, -0.25) is 0 Å². The molecule has 2 heteroatoms. The van der Waals surface area contributed by atoms with E-state index in [1.54, 1.807) is 0 Å². The molecule has 1 rings (SSSR count). The number of aliphatic hydroxyl groups excluding tert-OH is 1. The molecule has 0 aromatic heterocycles. The molecule has 66 valence electrons. The first kappa shape index (κ1) is 9.01. The van der Waals surface area contributed by atoms with Gasteiger partial charge in [-0.1, -0.05) is 12.8 Å². The van der Waals surface area contributed by atoms with Crippen LogP contribution >= 0.6 is 0 Å². The number of rotatable bonds is 2. The lowest BCUT2D eigenvalue weighted by Gasteiger charge is -2.34. The lowest BCUT2D eigenvalue weighted by Crippen LogP contribution is -2.39. The average Bonchev–Trinajstić information content (AvgIpc) is 2.04. The van der Waals surface area contributed by atoms with Crippen molar-refractivity contribution in [2.24, 2.45) is 5.92 Å². The van der Waals surface area contributed by atoms with Crippen molar-refractivity contribution >= 4 is 0 Å². The van der Waals surface area contributed by atoms with E-state index >= 15 is 0 Å². The first-order valence-corrected chi connectivity index (χ1v) is 4.53. The third-order valence-electron chi connectivity index (χ3n) is 2.77. The smallest absolute Gasteiger partial charge is 0.0474 e. The highest BCUT2D eigenvalue weighted by atomic mass is 16.3. The molecular weight excluding hydrogens is 138 g/mol. The van der Waals surface area contributed by atoms with Crippen molar-refractivity contribution in [2.75, 3.05) is 20.7 Å². The molecule has 1 aliphatic carbocycles. The average molecular weight is 157 g/mol. The molecule has 0 amide bonds. The van der Waals surface area contributed by atoms with Gasteiger partial charge in [-0.05, 0) is 32.9 Å². The van der Waals surface area contributed by atoms with Gasteiger partial charge in [0.25, 0.3) is 0 Å². The fourth-order valence-electron chi connectivity index (χ4n) is 2.08. The van der Waals surface area contributed by atoms with Gasteiger partial charge < -0.3 is 10.0 Å². The van der Waals surface area contributed by atoms with Gasteiger partial charge >= 0.3 is 0 Å². The number of aliphatic hydroxyl groups is 1. The third-order valence-corrected chi connectivity index (χ3v) is 2.77. The second-order valence-electron chi connectivity index (χ2n) is 3.76. The fraction of sp³-hybridized carbons (Fsp3) is 1.00. The van der Waals surface area contributed by atoms with Gasteiger partial charge in [-0.15, -0.1) is 0 Å². The van der Waals surface area contributed by atoms with Crippen LogP contribution in [0.5, 0.6) is 0 Å². The first-order chi connectivity index (χ1) is 5.25. The van der Waals surface area contributed by atoms with Crippen LogP contribution in [-0.4, -0.2) is 36.8 Å². The summed E-state index contributed by atoms with van der Waals surface area (Å²) in [5.41, 5.74) is 0. The first-order valence-electron chi connectivity index (χ1n) is 4.53. The van der Waals surface area contributed by atoms with Gasteiger partial charge in [0, 0.05) is 12.6 Å². The zero-order chi connectivity index (χ0) is 8.27. The van der Waals surface area contributed by atoms with Gasteiger partial charge in [0.1, 0.15) is 0 Å². The molecule has 1 N–H and O–H groups in total. The molecule has 0 aliphatic heterocycles. The molecule has 0 saturated heterocycles. The summed E-state index contributed by atoms with van der Waals surface area (Å²) in [7, 11) is 4.22. The van der Waals surface area contributed by atoms with Crippen LogP contribution in [0.3, 0.4) is 0 Å². The fourth-order valence-corrected chi connectivity index (χ4v) is 2.08. The summed E-state index contributed by atoms with van der Waals surface area (Å²) < 4.78 is 0. The van der Waals surface area contributed by atoms with Crippen LogP contribution in [0, 0.1) is 5.92 Å². The predicted octanol–water partition coefficient (Wildman–Crippen LogP) is 1.10. The molecular formula is C9H19NO. The Bertz CT molecular complexity index is 114. The highest BCUT2D eigenvalue weighted by Crippen LogP contribution is 2.26. The van der Waals surface area contributed by atoms with Gasteiger partial charge in [-0.25, -0.2) is 0 Å². The van der Waals surface area contributed by atoms with E-state index in [1.807, 2.05) is 0 Å². The second-order valence-corrected chi connectivity index (χ2v) is 3.76. The summed E-state index contributed by atoms with van der Waals surface area (Å²) in [6.07, 6.45) is 5.10. The van der Waals surface area contributed by atoms with Crippen LogP contribution in [0.1, 0.15) is 25.7 Å².